The molecule has 14 nitrogen and oxygen atoms in total. The van der Waals surface area contributed by atoms with E-state index < -0.39 is 35.9 Å². The topological polar surface area (TPSA) is 152 Å². The van der Waals surface area contributed by atoms with Crippen LogP contribution in [-0.4, -0.2) is 90.4 Å². The maximum Gasteiger partial charge on any atom is 0.433 e. The average Bonchev–Trinajstić information content (AvgIpc) is 3.72. The molecular weight excluding hydrogens is 748 g/mol. The highest BCUT2D eigenvalue weighted by Gasteiger charge is 2.37. The summed E-state index contributed by atoms with van der Waals surface area (Å²) in [5.74, 6) is -1.12. The number of rotatable bonds is 8. The molecule has 3 aliphatic rings. The molecule has 2 aliphatic heterocycles. The van der Waals surface area contributed by atoms with Crippen molar-refractivity contribution in [2.75, 3.05) is 36.9 Å². The number of carbonyl (C=O) groups excluding carboxylic acids is 3. The van der Waals surface area contributed by atoms with E-state index in [1.54, 1.807) is 19.2 Å². The first-order chi connectivity index (χ1) is 27.2. The van der Waals surface area contributed by atoms with E-state index in [0.29, 0.717) is 35.4 Å². The Labute approximate surface area is 323 Å². The van der Waals surface area contributed by atoms with Crippen LogP contribution in [0.1, 0.15) is 73.2 Å². The van der Waals surface area contributed by atoms with Gasteiger partial charge in [0.2, 0.25) is 11.8 Å². The summed E-state index contributed by atoms with van der Waals surface area (Å²) in [4.78, 5) is 62.3. The van der Waals surface area contributed by atoms with Gasteiger partial charge in [-0.2, -0.15) is 18.3 Å². The lowest BCUT2D eigenvalue weighted by molar-refractivity contribution is -0.141. The van der Waals surface area contributed by atoms with Crippen molar-refractivity contribution in [3.63, 3.8) is 0 Å². The number of hydrogen-bond acceptors (Lipinski definition) is 9. The van der Waals surface area contributed by atoms with Gasteiger partial charge in [-0.05, 0) is 81.8 Å². The Morgan fingerprint density at radius 2 is 1.81 bits per heavy atom. The highest BCUT2D eigenvalue weighted by atomic mass is 19.4. The van der Waals surface area contributed by atoms with E-state index in [1.807, 2.05) is 35.0 Å². The second-order valence-electron chi connectivity index (χ2n) is 15.4. The van der Waals surface area contributed by atoms with Crippen LogP contribution in [0.2, 0.25) is 0 Å². The standard InChI is InChI=1S/C39H42F4N10O4/c1-49(28-15-16-51(21-25(28)40)29-6-4-7-30-35(29)50(2)38(57)53(30)31-13-14-34(54)47-37(31)56)19-22-9-11-24(12-10-22)52-20-23-17-33(44-18-27(23)48-52)46-36(55)26-5-3-8-32(45-26)39(41,42)43/h3-8,17-18,20,22,24-25,28,31H,9-16,19,21H2,1-2H3,(H,46,55)(H,47,54,56)/t22?,24?,25-,28+,31?/m1/s1. The highest BCUT2D eigenvalue weighted by Crippen LogP contribution is 2.36. The molecule has 1 aromatic carbocycles. The fourth-order valence-corrected chi connectivity index (χ4v) is 8.75. The number of aryl methyl sites for hydroxylation is 1. The molecule has 1 aliphatic carbocycles. The van der Waals surface area contributed by atoms with Crippen molar-refractivity contribution >= 4 is 51.2 Å². The molecule has 1 unspecified atom stereocenters. The fraction of sp³-hybridized carbons (Fsp3) is 0.462. The van der Waals surface area contributed by atoms with E-state index >= 15 is 4.39 Å². The van der Waals surface area contributed by atoms with E-state index in [1.165, 1.54) is 21.4 Å². The number of alkyl halides is 4. The number of para-hydroxylation sites is 1. The number of piperidine rings is 2. The molecule has 4 aromatic heterocycles. The molecule has 8 rings (SSSR count). The number of nitrogens with one attached hydrogen (secondary N) is 2. The van der Waals surface area contributed by atoms with Crippen molar-refractivity contribution in [2.24, 2.45) is 13.0 Å². The number of halogens is 4. The van der Waals surface area contributed by atoms with Gasteiger partial charge in [0.25, 0.3) is 5.91 Å². The molecule has 0 bridgehead atoms. The van der Waals surface area contributed by atoms with Crippen molar-refractivity contribution < 1.29 is 31.9 Å². The Bertz CT molecular complexity index is 2420. The van der Waals surface area contributed by atoms with Crippen LogP contribution in [0.3, 0.4) is 0 Å². The smallest absolute Gasteiger partial charge is 0.367 e. The van der Waals surface area contributed by atoms with Crippen molar-refractivity contribution in [1.29, 1.82) is 0 Å². The Hall–Kier alpha value is -5.65. The van der Waals surface area contributed by atoms with Crippen molar-refractivity contribution in [1.82, 2.24) is 39.1 Å². The maximum atomic E-state index is 16.1. The lowest BCUT2D eigenvalue weighted by Gasteiger charge is -2.42. The monoisotopic (exact) mass is 790 g/mol. The van der Waals surface area contributed by atoms with Gasteiger partial charge in [0.15, 0.2) is 0 Å². The van der Waals surface area contributed by atoms with Gasteiger partial charge in [-0.1, -0.05) is 12.1 Å². The zero-order chi connectivity index (χ0) is 40.2. The van der Waals surface area contributed by atoms with Crippen LogP contribution in [0, 0.1) is 5.92 Å². The minimum absolute atomic E-state index is 0.145. The van der Waals surface area contributed by atoms with Gasteiger partial charge in [-0.15, -0.1) is 0 Å². The zero-order valence-corrected chi connectivity index (χ0v) is 31.4. The van der Waals surface area contributed by atoms with E-state index in [4.69, 9.17) is 5.10 Å². The Kier molecular flexibility index (Phi) is 10.1. The van der Waals surface area contributed by atoms with Crippen molar-refractivity contribution in [2.45, 2.75) is 75.4 Å². The molecule has 2 N–H and O–H groups in total. The number of pyridine rings is 2. The van der Waals surface area contributed by atoms with Crippen LogP contribution >= 0.6 is 0 Å². The quantitative estimate of drug-likeness (QED) is 0.163. The predicted octanol–water partition coefficient (Wildman–Crippen LogP) is 5.01. The third kappa shape index (κ3) is 7.49. The molecule has 3 amide bonds. The minimum atomic E-state index is -4.67. The van der Waals surface area contributed by atoms with Crippen molar-refractivity contribution in [3.8, 4) is 0 Å². The number of hydrogen-bond donors (Lipinski definition) is 2. The number of imidazole rings is 1. The summed E-state index contributed by atoms with van der Waals surface area (Å²) in [6, 6.07) is 9.32. The number of carbonyl (C=O) groups is 3. The minimum Gasteiger partial charge on any atom is -0.367 e. The Balaban J connectivity index is 0.862. The Morgan fingerprint density at radius 3 is 2.54 bits per heavy atom. The number of anilines is 2. The third-order valence-electron chi connectivity index (χ3n) is 11.7. The number of benzene rings is 1. The van der Waals surface area contributed by atoms with Crippen LogP contribution in [0.4, 0.5) is 29.1 Å². The van der Waals surface area contributed by atoms with E-state index in [9.17, 15) is 32.3 Å². The van der Waals surface area contributed by atoms with Gasteiger partial charge in [0.1, 0.15) is 34.9 Å². The van der Waals surface area contributed by atoms with Gasteiger partial charge in [0, 0.05) is 44.2 Å². The largest absolute Gasteiger partial charge is 0.433 e. The van der Waals surface area contributed by atoms with E-state index in [0.717, 1.165) is 55.4 Å². The summed E-state index contributed by atoms with van der Waals surface area (Å²) in [5, 5.41) is 10.3. The summed E-state index contributed by atoms with van der Waals surface area (Å²) in [5.41, 5.74) is 0.663. The molecule has 2 saturated heterocycles. The molecule has 1 saturated carbocycles. The average molecular weight is 791 g/mol. The first-order valence-corrected chi connectivity index (χ1v) is 19.1. The third-order valence-corrected chi connectivity index (χ3v) is 11.7. The fourth-order valence-electron chi connectivity index (χ4n) is 8.75. The number of nitrogens with zero attached hydrogens (tertiary/aromatic N) is 8. The first-order valence-electron chi connectivity index (χ1n) is 19.1. The Morgan fingerprint density at radius 1 is 1.04 bits per heavy atom. The molecule has 6 heterocycles. The van der Waals surface area contributed by atoms with Crippen LogP contribution < -0.4 is 21.2 Å². The van der Waals surface area contributed by atoms with Crippen LogP contribution in [0.15, 0.2) is 59.7 Å². The zero-order valence-electron chi connectivity index (χ0n) is 31.4. The molecule has 3 fully saturated rings. The van der Waals surface area contributed by atoms with Crippen LogP contribution in [0.25, 0.3) is 21.9 Å². The van der Waals surface area contributed by atoms with E-state index in [-0.39, 0.29) is 54.6 Å². The molecule has 300 valence electrons. The SMILES string of the molecule is CN(CC1CCC(n2cc3cc(NC(=O)c4cccc(C(F)(F)F)n4)ncc3n2)CC1)[C@H]1CCN(c2cccc3c2n(C)c(=O)n3C2CCC(=O)NC2=O)C[C@H]1F. The van der Waals surface area contributed by atoms with E-state index in [2.05, 4.69) is 25.5 Å². The van der Waals surface area contributed by atoms with Crippen LogP contribution in [-0.2, 0) is 22.8 Å². The van der Waals surface area contributed by atoms with Crippen LogP contribution in [0.5, 0.6) is 0 Å². The summed E-state index contributed by atoms with van der Waals surface area (Å²) in [6.07, 6.45) is 2.20. The first kappa shape index (κ1) is 38.2. The molecule has 0 spiro atoms. The second-order valence-corrected chi connectivity index (χ2v) is 15.4. The summed E-state index contributed by atoms with van der Waals surface area (Å²) in [6.45, 7) is 1.51. The lowest BCUT2D eigenvalue weighted by atomic mass is 9.85. The van der Waals surface area contributed by atoms with Crippen molar-refractivity contribution in [3.05, 3.63) is 76.7 Å². The van der Waals surface area contributed by atoms with Gasteiger partial charge in [-0.25, -0.2) is 19.2 Å². The molecular formula is C39H42F4N10O4. The summed E-state index contributed by atoms with van der Waals surface area (Å²) in [7, 11) is 3.63. The molecule has 18 heteroatoms. The maximum absolute atomic E-state index is 16.1. The van der Waals surface area contributed by atoms with Gasteiger partial charge < -0.3 is 15.1 Å². The van der Waals surface area contributed by atoms with Gasteiger partial charge in [0.05, 0.1) is 35.5 Å². The number of aromatic nitrogens is 6. The molecule has 3 atom stereocenters. The van der Waals surface area contributed by atoms with Gasteiger partial charge >= 0.3 is 11.9 Å². The lowest BCUT2D eigenvalue weighted by Crippen LogP contribution is -2.52. The number of fused-ring (bicyclic) bond motifs is 2. The highest BCUT2D eigenvalue weighted by molar-refractivity contribution is 6.03. The number of amides is 3. The predicted molar refractivity (Wildman–Crippen MR) is 202 cm³/mol. The number of imide groups is 1. The normalized spacial score (nSPS) is 23.4. The molecule has 0 radical (unpaired) electrons. The summed E-state index contributed by atoms with van der Waals surface area (Å²) < 4.78 is 60.1. The molecule has 57 heavy (non-hydrogen) atoms. The van der Waals surface area contributed by atoms with Gasteiger partial charge in [-0.3, -0.25) is 33.5 Å². The second kappa shape index (κ2) is 15.0. The molecule has 5 aromatic rings. The summed E-state index contributed by atoms with van der Waals surface area (Å²) >= 11 is 0.